The van der Waals surface area contributed by atoms with Crippen LogP contribution in [0.1, 0.15) is 58.8 Å². The first kappa shape index (κ1) is 32.8. The molecule has 0 saturated heterocycles. The maximum absolute atomic E-state index is 13.3. The Morgan fingerprint density at radius 2 is 1.64 bits per heavy atom. The second kappa shape index (κ2) is 13.3. The van der Waals surface area contributed by atoms with Crippen molar-refractivity contribution in [3.63, 3.8) is 0 Å². The molecule has 0 spiro atoms. The molecule has 2 amide bonds. The Morgan fingerprint density at radius 3 is 2.10 bits per heavy atom. The number of alkyl halides is 3. The molecule has 218 valence electrons. The number of aromatic nitrogens is 1. The van der Waals surface area contributed by atoms with E-state index in [9.17, 15) is 22.8 Å². The van der Waals surface area contributed by atoms with E-state index in [2.05, 4.69) is 26.2 Å². The number of amides is 2. The fraction of sp³-hybridized carbons (Fsp3) is 0.560. The summed E-state index contributed by atoms with van der Waals surface area (Å²) >= 11 is 4.47. The fourth-order valence-electron chi connectivity index (χ4n) is 3.24. The SMILES string of the molecule is COCO[C@@H](c1ccc(C(F)(F)F)cc1)[C@@H](CN(C(=O)OC(C)(C)C)c1ncc(Br)s1)NC(=O)OC(C)(C)C. The molecule has 1 aromatic carbocycles. The zero-order valence-electron chi connectivity index (χ0n) is 22.7. The van der Waals surface area contributed by atoms with Crippen molar-refractivity contribution in [3.8, 4) is 0 Å². The molecule has 0 fully saturated rings. The molecule has 0 aliphatic heterocycles. The number of hydrogen-bond acceptors (Lipinski definition) is 8. The molecule has 0 bridgehead atoms. The van der Waals surface area contributed by atoms with Crippen LogP contribution in [0.25, 0.3) is 0 Å². The van der Waals surface area contributed by atoms with Gasteiger partial charge in [-0.05, 0) is 75.2 Å². The van der Waals surface area contributed by atoms with E-state index in [1.54, 1.807) is 41.5 Å². The van der Waals surface area contributed by atoms with Crippen molar-refractivity contribution < 1.29 is 41.7 Å². The van der Waals surface area contributed by atoms with Crippen LogP contribution in [0.4, 0.5) is 27.9 Å². The minimum atomic E-state index is -4.54. The number of carbonyl (C=O) groups excluding carboxylic acids is 2. The fourth-order valence-corrected chi connectivity index (χ4v) is 4.42. The summed E-state index contributed by atoms with van der Waals surface area (Å²) in [5.41, 5.74) is -2.25. The Kier molecular flexibility index (Phi) is 11.2. The zero-order valence-corrected chi connectivity index (χ0v) is 25.1. The summed E-state index contributed by atoms with van der Waals surface area (Å²) < 4.78 is 62.1. The van der Waals surface area contributed by atoms with Crippen molar-refractivity contribution in [1.82, 2.24) is 10.3 Å². The average Bonchev–Trinajstić information content (AvgIpc) is 3.20. The Morgan fingerprint density at radius 1 is 1.05 bits per heavy atom. The predicted octanol–water partition coefficient (Wildman–Crippen LogP) is 6.92. The van der Waals surface area contributed by atoms with Crippen LogP contribution in [0.5, 0.6) is 0 Å². The quantitative estimate of drug-likeness (QED) is 0.297. The van der Waals surface area contributed by atoms with Crippen LogP contribution in [0, 0.1) is 0 Å². The molecule has 39 heavy (non-hydrogen) atoms. The van der Waals surface area contributed by atoms with Gasteiger partial charge in [0.25, 0.3) is 0 Å². The van der Waals surface area contributed by atoms with Crippen molar-refractivity contribution in [3.05, 3.63) is 45.4 Å². The summed E-state index contributed by atoms with van der Waals surface area (Å²) in [7, 11) is 1.38. The van der Waals surface area contributed by atoms with Gasteiger partial charge in [-0.1, -0.05) is 23.5 Å². The van der Waals surface area contributed by atoms with Crippen LogP contribution >= 0.6 is 27.3 Å². The number of ether oxygens (including phenoxy) is 4. The molecule has 0 aliphatic rings. The number of benzene rings is 1. The average molecular weight is 641 g/mol. The van der Waals surface area contributed by atoms with Crippen molar-refractivity contribution in [2.24, 2.45) is 0 Å². The zero-order chi connectivity index (χ0) is 29.6. The third kappa shape index (κ3) is 10.9. The van der Waals surface area contributed by atoms with Gasteiger partial charge in [-0.2, -0.15) is 13.2 Å². The lowest BCUT2D eigenvalue weighted by molar-refractivity contribution is -0.137. The van der Waals surface area contributed by atoms with Gasteiger partial charge in [-0.25, -0.2) is 14.6 Å². The monoisotopic (exact) mass is 639 g/mol. The van der Waals surface area contributed by atoms with Gasteiger partial charge < -0.3 is 24.3 Å². The van der Waals surface area contributed by atoms with Crippen molar-refractivity contribution in [1.29, 1.82) is 0 Å². The molecule has 9 nitrogen and oxygen atoms in total. The van der Waals surface area contributed by atoms with Gasteiger partial charge in [0.2, 0.25) is 0 Å². The standard InChI is InChI=1S/C25H33BrF3N3O6S/c1-23(2,3)37-21(33)31-17(13-32(20-30-12-18(26)39-20)22(34)38-24(4,5)6)19(36-14-35-7)15-8-10-16(11-9-15)25(27,28)29/h8-12,17,19H,13-14H2,1-7H3,(H,31,33)/t17-,19+/m1/s1. The maximum Gasteiger partial charge on any atom is 0.416 e. The number of thiazole rings is 1. The predicted molar refractivity (Wildman–Crippen MR) is 144 cm³/mol. The Hall–Kier alpha value is -2.42. The van der Waals surface area contributed by atoms with Gasteiger partial charge in [0.15, 0.2) is 5.13 Å². The highest BCUT2D eigenvalue weighted by Crippen LogP contribution is 2.33. The van der Waals surface area contributed by atoms with Crippen LogP contribution in [0.3, 0.4) is 0 Å². The summed E-state index contributed by atoms with van der Waals surface area (Å²) in [5.74, 6) is 0. The van der Waals surface area contributed by atoms with Crippen molar-refractivity contribution in [2.45, 2.75) is 71.1 Å². The summed E-state index contributed by atoms with van der Waals surface area (Å²) in [6.07, 6.45) is -5.68. The molecule has 0 aliphatic carbocycles. The highest BCUT2D eigenvalue weighted by molar-refractivity contribution is 9.11. The molecule has 0 saturated carbocycles. The third-order valence-corrected chi connectivity index (χ3v) is 6.19. The van der Waals surface area contributed by atoms with Gasteiger partial charge in [-0.3, -0.25) is 4.90 Å². The minimum absolute atomic E-state index is 0.233. The number of anilines is 1. The lowest BCUT2D eigenvalue weighted by atomic mass is 10.00. The topological polar surface area (TPSA) is 99.2 Å². The van der Waals surface area contributed by atoms with Crippen molar-refractivity contribution >= 4 is 44.6 Å². The number of nitrogens with one attached hydrogen (secondary N) is 1. The number of nitrogens with zero attached hydrogens (tertiary/aromatic N) is 2. The summed E-state index contributed by atoms with van der Waals surface area (Å²) in [6, 6.07) is 3.26. The number of carbonyl (C=O) groups is 2. The lowest BCUT2D eigenvalue weighted by Gasteiger charge is -2.33. The Balaban J connectivity index is 2.56. The number of hydrogen-bond donors (Lipinski definition) is 1. The first-order valence-electron chi connectivity index (χ1n) is 11.8. The lowest BCUT2D eigenvalue weighted by Crippen LogP contribution is -2.51. The molecule has 2 aromatic rings. The molecule has 14 heteroatoms. The second-order valence-electron chi connectivity index (χ2n) is 10.4. The highest BCUT2D eigenvalue weighted by Gasteiger charge is 2.36. The van der Waals surface area contributed by atoms with E-state index in [1.165, 1.54) is 30.3 Å². The van der Waals surface area contributed by atoms with Crippen LogP contribution in [-0.4, -0.2) is 54.9 Å². The molecule has 1 N–H and O–H groups in total. The van der Waals surface area contributed by atoms with Crippen LogP contribution < -0.4 is 10.2 Å². The number of halogens is 4. The van der Waals surface area contributed by atoms with E-state index >= 15 is 0 Å². The molecule has 2 atom stereocenters. The Labute approximate surface area is 238 Å². The summed E-state index contributed by atoms with van der Waals surface area (Å²) in [5, 5.41) is 2.96. The van der Waals surface area contributed by atoms with E-state index in [0.29, 0.717) is 9.35 Å². The normalized spacial score (nSPS) is 13.9. The van der Waals surface area contributed by atoms with Crippen LogP contribution in [-0.2, 0) is 25.1 Å². The van der Waals surface area contributed by atoms with Gasteiger partial charge >= 0.3 is 18.4 Å². The molecule has 0 radical (unpaired) electrons. The first-order valence-corrected chi connectivity index (χ1v) is 13.4. The smallest absolute Gasteiger partial charge is 0.416 e. The number of alkyl carbamates (subject to hydrolysis) is 1. The summed E-state index contributed by atoms with van der Waals surface area (Å²) in [4.78, 5) is 31.6. The molecule has 0 unspecified atom stereocenters. The molecule has 1 aromatic heterocycles. The largest absolute Gasteiger partial charge is 0.444 e. The van der Waals surface area contributed by atoms with Gasteiger partial charge in [0, 0.05) is 7.11 Å². The van der Waals surface area contributed by atoms with Crippen molar-refractivity contribution in [2.75, 3.05) is 25.3 Å². The first-order chi connectivity index (χ1) is 17.9. The molecular weight excluding hydrogens is 607 g/mol. The second-order valence-corrected chi connectivity index (χ2v) is 12.8. The van der Waals surface area contributed by atoms with E-state index in [-0.39, 0.29) is 18.5 Å². The Bertz CT molecular complexity index is 1100. The van der Waals surface area contributed by atoms with Crippen LogP contribution in [0.2, 0.25) is 0 Å². The molecule has 2 rings (SSSR count). The third-order valence-electron chi connectivity index (χ3n) is 4.69. The highest BCUT2D eigenvalue weighted by atomic mass is 79.9. The van der Waals surface area contributed by atoms with Gasteiger partial charge in [0.05, 0.1) is 28.1 Å². The summed E-state index contributed by atoms with van der Waals surface area (Å²) in [6.45, 7) is 9.64. The number of methoxy groups -OCH3 is 1. The van der Waals surface area contributed by atoms with E-state index in [4.69, 9.17) is 18.9 Å². The maximum atomic E-state index is 13.3. The molecular formula is C25H33BrF3N3O6S. The van der Waals surface area contributed by atoms with Crippen LogP contribution in [0.15, 0.2) is 34.2 Å². The van der Waals surface area contributed by atoms with E-state index in [0.717, 1.165) is 23.5 Å². The molecule has 1 heterocycles. The van der Waals surface area contributed by atoms with Gasteiger partial charge in [0.1, 0.15) is 24.1 Å². The number of rotatable bonds is 9. The minimum Gasteiger partial charge on any atom is -0.444 e. The van der Waals surface area contributed by atoms with Gasteiger partial charge in [-0.15, -0.1) is 0 Å². The van der Waals surface area contributed by atoms with E-state index < -0.39 is 47.3 Å². The van der Waals surface area contributed by atoms with E-state index in [1.807, 2.05) is 0 Å².